The number of halogens is 1. The fourth-order valence-corrected chi connectivity index (χ4v) is 2.59. The van der Waals surface area contributed by atoms with E-state index in [1.807, 2.05) is 0 Å². The molecule has 12 nitrogen and oxygen atoms in total. The van der Waals surface area contributed by atoms with Crippen LogP contribution < -0.4 is 16.7 Å². The monoisotopic (exact) mass is 433 g/mol. The van der Waals surface area contributed by atoms with Crippen LogP contribution in [0.4, 0.5) is 11.8 Å². The van der Waals surface area contributed by atoms with Gasteiger partial charge in [0.05, 0.1) is 6.07 Å². The second-order valence-corrected chi connectivity index (χ2v) is 6.61. The lowest BCUT2D eigenvalue weighted by Crippen LogP contribution is -2.29. The summed E-state index contributed by atoms with van der Waals surface area (Å²) in [5, 5.41) is 15.1. The third-order valence-corrected chi connectivity index (χ3v) is 4.09. The highest BCUT2D eigenvalue weighted by Crippen LogP contribution is 2.17. The fourth-order valence-electron chi connectivity index (χ4n) is 2.52. The van der Waals surface area contributed by atoms with E-state index >= 15 is 0 Å². The lowest BCUT2D eigenvalue weighted by molar-refractivity contribution is -0.402. The number of furan rings is 1. The number of anilines is 1. The molecular weight excluding hydrogens is 418 g/mol. The van der Waals surface area contributed by atoms with Crippen molar-refractivity contribution < 1.29 is 9.34 Å². The lowest BCUT2D eigenvalue weighted by Gasteiger charge is -2.05. The zero-order chi connectivity index (χ0) is 21.8. The van der Waals surface area contributed by atoms with Crippen LogP contribution in [0.5, 0.6) is 0 Å². The van der Waals surface area contributed by atoms with Crippen molar-refractivity contribution in [1.82, 2.24) is 19.1 Å². The van der Waals surface area contributed by atoms with Gasteiger partial charge >= 0.3 is 11.6 Å². The maximum atomic E-state index is 12.3. The molecule has 30 heavy (non-hydrogen) atoms. The van der Waals surface area contributed by atoms with E-state index in [-0.39, 0.29) is 35.3 Å². The number of allylic oxidation sites excluding steroid dienone is 3. The molecule has 0 aliphatic heterocycles. The molecule has 156 valence electrons. The van der Waals surface area contributed by atoms with E-state index in [0.29, 0.717) is 5.03 Å². The van der Waals surface area contributed by atoms with Gasteiger partial charge in [-0.3, -0.25) is 29.0 Å². The first-order valence-electron chi connectivity index (χ1n) is 8.49. The van der Waals surface area contributed by atoms with Gasteiger partial charge in [0.15, 0.2) is 11.2 Å². The first-order valence-corrected chi connectivity index (χ1v) is 8.87. The van der Waals surface area contributed by atoms with Gasteiger partial charge in [0.25, 0.3) is 5.56 Å². The Morgan fingerprint density at radius 3 is 2.90 bits per heavy atom. The van der Waals surface area contributed by atoms with Crippen molar-refractivity contribution in [3.05, 3.63) is 66.0 Å². The predicted octanol–water partition coefficient (Wildman–Crippen LogP) is 2.18. The quantitative estimate of drug-likeness (QED) is 0.329. The van der Waals surface area contributed by atoms with E-state index in [0.717, 1.165) is 0 Å². The lowest BCUT2D eigenvalue weighted by atomic mass is 10.4. The summed E-state index contributed by atoms with van der Waals surface area (Å²) in [6, 6.07) is 2.69. The Morgan fingerprint density at radius 1 is 1.47 bits per heavy atom. The molecule has 0 spiro atoms. The molecule has 0 saturated carbocycles. The molecule has 0 unspecified atom stereocenters. The number of hydrogen-bond donors (Lipinski definition) is 2. The first-order chi connectivity index (χ1) is 14.3. The molecule has 13 heteroatoms. The van der Waals surface area contributed by atoms with Gasteiger partial charge in [0.1, 0.15) is 10.7 Å². The number of nitrogens with one attached hydrogen (secondary N) is 2. The third kappa shape index (κ3) is 4.38. The fraction of sp³-hybridized carbons (Fsp3) is 0.176. The molecule has 0 aliphatic carbocycles. The van der Waals surface area contributed by atoms with Gasteiger partial charge in [-0.2, -0.15) is 10.1 Å². The predicted molar refractivity (Wildman–Crippen MR) is 112 cm³/mol. The number of nitrogens with zero attached hydrogens (tertiary/aromatic N) is 5. The first kappa shape index (κ1) is 20.8. The van der Waals surface area contributed by atoms with Gasteiger partial charge in [-0.05, 0) is 25.1 Å². The topological polar surface area (TPSA) is 153 Å². The molecule has 0 radical (unpaired) electrons. The summed E-state index contributed by atoms with van der Waals surface area (Å²) in [6.07, 6.45) is 6.01. The van der Waals surface area contributed by atoms with Gasteiger partial charge in [0, 0.05) is 24.8 Å². The number of imidazole rings is 1. The van der Waals surface area contributed by atoms with E-state index in [9.17, 15) is 19.7 Å². The Hall–Kier alpha value is -3.93. The molecule has 3 aromatic rings. The summed E-state index contributed by atoms with van der Waals surface area (Å²) in [7, 11) is 1.49. The molecular formula is C17H16ClN7O5. The molecule has 0 aliphatic rings. The summed E-state index contributed by atoms with van der Waals surface area (Å²) < 4.78 is 7.72. The van der Waals surface area contributed by atoms with Crippen molar-refractivity contribution in [2.24, 2.45) is 12.1 Å². The number of hydrogen-bond acceptors (Lipinski definition) is 8. The zero-order valence-corrected chi connectivity index (χ0v) is 16.6. The van der Waals surface area contributed by atoms with Crippen LogP contribution in [0.15, 0.2) is 48.4 Å². The summed E-state index contributed by atoms with van der Waals surface area (Å²) >= 11 is 5.90. The van der Waals surface area contributed by atoms with Crippen molar-refractivity contribution in [1.29, 1.82) is 0 Å². The van der Waals surface area contributed by atoms with Crippen molar-refractivity contribution in [2.45, 2.75) is 13.5 Å². The highest BCUT2D eigenvalue weighted by Gasteiger charge is 2.16. The summed E-state index contributed by atoms with van der Waals surface area (Å²) in [5.41, 5.74) is 1.89. The average molecular weight is 434 g/mol. The van der Waals surface area contributed by atoms with Crippen molar-refractivity contribution in [3.8, 4) is 0 Å². The second kappa shape index (κ2) is 8.61. The molecule has 3 rings (SSSR count). The minimum absolute atomic E-state index is 0.181. The maximum absolute atomic E-state index is 12.3. The Morgan fingerprint density at radius 2 is 2.23 bits per heavy atom. The number of aromatic amines is 1. The Bertz CT molecular complexity index is 1300. The summed E-state index contributed by atoms with van der Waals surface area (Å²) in [5.74, 6) is 0.130. The van der Waals surface area contributed by atoms with Crippen LogP contribution in [0.25, 0.3) is 17.2 Å². The molecule has 0 fully saturated rings. The average Bonchev–Trinajstić information content (AvgIpc) is 3.29. The highest BCUT2D eigenvalue weighted by atomic mass is 35.5. The molecule has 0 saturated heterocycles. The van der Waals surface area contributed by atoms with Gasteiger partial charge in [-0.15, -0.1) is 0 Å². The van der Waals surface area contributed by atoms with E-state index in [2.05, 4.69) is 20.5 Å². The van der Waals surface area contributed by atoms with Crippen molar-refractivity contribution in [3.63, 3.8) is 0 Å². The van der Waals surface area contributed by atoms with E-state index < -0.39 is 16.2 Å². The van der Waals surface area contributed by atoms with Gasteiger partial charge in [-0.25, -0.2) is 10.2 Å². The van der Waals surface area contributed by atoms with Crippen LogP contribution in [-0.4, -0.2) is 30.2 Å². The van der Waals surface area contributed by atoms with E-state index in [1.165, 1.54) is 46.7 Å². The number of nitro groups is 1. The number of hydrazone groups is 1. The smallest absolute Gasteiger partial charge is 0.401 e. The zero-order valence-electron chi connectivity index (χ0n) is 15.8. The van der Waals surface area contributed by atoms with E-state index in [4.69, 9.17) is 16.0 Å². The van der Waals surface area contributed by atoms with Crippen LogP contribution in [0.2, 0.25) is 0 Å². The Balaban J connectivity index is 1.88. The largest absolute Gasteiger partial charge is 0.433 e. The Labute approximate surface area is 172 Å². The van der Waals surface area contributed by atoms with Crippen LogP contribution in [0.3, 0.4) is 0 Å². The minimum atomic E-state index is -0.635. The number of aryl methyl sites for hydroxylation is 1. The number of H-pyrrole nitrogens is 1. The third-order valence-electron chi connectivity index (χ3n) is 3.94. The van der Waals surface area contributed by atoms with Gasteiger partial charge in [0.2, 0.25) is 5.95 Å². The van der Waals surface area contributed by atoms with Gasteiger partial charge < -0.3 is 4.42 Å². The van der Waals surface area contributed by atoms with Gasteiger partial charge in [-0.1, -0.05) is 17.7 Å². The van der Waals surface area contributed by atoms with Crippen LogP contribution in [-0.2, 0) is 13.6 Å². The van der Waals surface area contributed by atoms with Crippen LogP contribution in [0.1, 0.15) is 12.7 Å². The number of fused-ring (bicyclic) bond motifs is 1. The molecule has 3 heterocycles. The number of rotatable bonds is 7. The number of aromatic nitrogens is 4. The Kier molecular flexibility index (Phi) is 5.97. The molecule has 0 bridgehead atoms. The molecule has 0 aromatic carbocycles. The standard InChI is InChI=1S/C17H16ClN7O5/c1-10(18)7-9-24-13-14(23(2)17(27)21-15(13)26)20-16(24)22-19-8-3-4-11-5-6-12(30-11)25(28)29/h3-8H,9H2,1-2H3,(H,20,22)(H,21,26,27)/b4-3+,10-7+,19-8+. The second-order valence-electron chi connectivity index (χ2n) is 6.01. The molecule has 0 atom stereocenters. The molecule has 0 amide bonds. The maximum Gasteiger partial charge on any atom is 0.433 e. The summed E-state index contributed by atoms with van der Waals surface area (Å²) in [4.78, 5) is 40.6. The van der Waals surface area contributed by atoms with E-state index in [1.54, 1.807) is 13.0 Å². The minimum Gasteiger partial charge on any atom is -0.401 e. The normalized spacial score (nSPS) is 12.4. The SMILES string of the molecule is C/C(Cl)=C\Cn1c(N/N=C/C=C/c2ccc([N+](=O)[O-])o2)nc2c1c(=O)[nH]c(=O)n2C. The van der Waals surface area contributed by atoms with Crippen molar-refractivity contribution >= 4 is 46.9 Å². The summed E-state index contributed by atoms with van der Waals surface area (Å²) in [6.45, 7) is 1.91. The van der Waals surface area contributed by atoms with Crippen molar-refractivity contribution in [2.75, 3.05) is 5.43 Å². The highest BCUT2D eigenvalue weighted by molar-refractivity contribution is 6.29. The van der Waals surface area contributed by atoms with Crippen LogP contribution >= 0.6 is 11.6 Å². The molecule has 3 aromatic heterocycles. The molecule has 2 N–H and O–H groups in total. The van der Waals surface area contributed by atoms with Crippen LogP contribution in [0, 0.1) is 10.1 Å².